The summed E-state index contributed by atoms with van der Waals surface area (Å²) in [6.07, 6.45) is 3.45. The number of carbonyl (C=O) groups is 1. The zero-order valence-corrected chi connectivity index (χ0v) is 12.2. The minimum atomic E-state index is -3.48. The van der Waals surface area contributed by atoms with E-state index in [4.69, 9.17) is 0 Å². The minimum Gasteiger partial charge on any atom is -0.356 e. The van der Waals surface area contributed by atoms with Crippen molar-refractivity contribution in [3.05, 3.63) is 12.3 Å². The maximum atomic E-state index is 12.5. The van der Waals surface area contributed by atoms with Crippen LogP contribution >= 0.6 is 0 Å². The van der Waals surface area contributed by atoms with Crippen LogP contribution in [0.2, 0.25) is 0 Å². The van der Waals surface area contributed by atoms with Gasteiger partial charge in [0.15, 0.2) is 5.03 Å². The predicted octanol–water partition coefficient (Wildman–Crippen LogP) is -0.289. The predicted molar refractivity (Wildman–Crippen MR) is 71.3 cm³/mol. The summed E-state index contributed by atoms with van der Waals surface area (Å²) in [5.74, 6) is 0.0768. The fourth-order valence-corrected chi connectivity index (χ4v) is 4.59. The molecule has 8 heteroatoms. The number of hydrogen-bond acceptors (Lipinski definition) is 4. The Morgan fingerprint density at radius 1 is 1.35 bits per heavy atom. The Balaban J connectivity index is 1.75. The monoisotopic (exact) mass is 298 g/mol. The number of carbonyl (C=O) groups excluding carboxylic acids is 1. The van der Waals surface area contributed by atoms with E-state index in [0.29, 0.717) is 26.1 Å². The van der Waals surface area contributed by atoms with Gasteiger partial charge in [-0.15, -0.1) is 0 Å². The fraction of sp³-hybridized carbons (Fsp3) is 0.667. The van der Waals surface area contributed by atoms with Crippen molar-refractivity contribution in [3.8, 4) is 0 Å². The third-order valence-corrected chi connectivity index (χ3v) is 6.33. The quantitative estimate of drug-likeness (QED) is 0.813. The lowest BCUT2D eigenvalue weighted by atomic mass is 9.78. The molecule has 0 aromatic carbocycles. The Bertz CT molecular complexity index is 629. The van der Waals surface area contributed by atoms with Crippen LogP contribution in [0.4, 0.5) is 0 Å². The van der Waals surface area contributed by atoms with Gasteiger partial charge >= 0.3 is 0 Å². The number of nitrogens with one attached hydrogen (secondary N) is 1. The zero-order chi connectivity index (χ0) is 14.4. The second-order valence-corrected chi connectivity index (χ2v) is 7.54. The molecule has 20 heavy (non-hydrogen) atoms. The van der Waals surface area contributed by atoms with Crippen LogP contribution in [0.15, 0.2) is 17.3 Å². The number of hydrogen-bond donors (Lipinski definition) is 1. The molecule has 1 spiro atoms. The van der Waals surface area contributed by atoms with E-state index in [1.54, 1.807) is 7.05 Å². The molecule has 2 aliphatic heterocycles. The van der Waals surface area contributed by atoms with E-state index in [9.17, 15) is 13.2 Å². The Kier molecular flexibility index (Phi) is 3.09. The standard InChI is InChI=1S/C12H18N4O3S/c1-15-11(2-5-14-15)20(18,19)16-6-3-12(4-7-16)8-10(17)13-9-12/h2,5H,3-4,6-9H2,1H3,(H,13,17). The van der Waals surface area contributed by atoms with Gasteiger partial charge in [-0.2, -0.15) is 9.40 Å². The van der Waals surface area contributed by atoms with E-state index < -0.39 is 10.0 Å². The van der Waals surface area contributed by atoms with Crippen molar-refractivity contribution in [1.29, 1.82) is 0 Å². The molecule has 0 unspecified atom stereocenters. The summed E-state index contributed by atoms with van der Waals surface area (Å²) >= 11 is 0. The van der Waals surface area contributed by atoms with Gasteiger partial charge in [-0.05, 0) is 24.3 Å². The number of aryl methyl sites for hydroxylation is 1. The zero-order valence-electron chi connectivity index (χ0n) is 11.4. The molecule has 1 N–H and O–H groups in total. The van der Waals surface area contributed by atoms with Crippen LogP contribution in [0, 0.1) is 5.41 Å². The molecule has 0 aliphatic carbocycles. The molecule has 2 saturated heterocycles. The smallest absolute Gasteiger partial charge is 0.260 e. The molecule has 0 saturated carbocycles. The van der Waals surface area contributed by atoms with Gasteiger partial charge in [0, 0.05) is 33.1 Å². The second kappa shape index (κ2) is 4.56. The Morgan fingerprint density at radius 3 is 2.55 bits per heavy atom. The summed E-state index contributed by atoms with van der Waals surface area (Å²) in [7, 11) is -1.86. The molecule has 1 amide bonds. The maximum absolute atomic E-state index is 12.5. The van der Waals surface area contributed by atoms with Crippen molar-refractivity contribution in [2.24, 2.45) is 12.5 Å². The highest BCUT2D eigenvalue weighted by molar-refractivity contribution is 7.89. The van der Waals surface area contributed by atoms with Gasteiger partial charge in [-0.25, -0.2) is 8.42 Å². The Morgan fingerprint density at radius 2 is 2.05 bits per heavy atom. The SMILES string of the molecule is Cn1nccc1S(=O)(=O)N1CCC2(CC1)CNC(=O)C2. The first-order chi connectivity index (χ1) is 9.43. The van der Waals surface area contributed by atoms with Crippen molar-refractivity contribution >= 4 is 15.9 Å². The minimum absolute atomic E-state index is 0.0461. The van der Waals surface area contributed by atoms with Gasteiger partial charge in [0.1, 0.15) is 0 Å². The van der Waals surface area contributed by atoms with Crippen LogP contribution in [-0.4, -0.2) is 48.0 Å². The summed E-state index contributed by atoms with van der Waals surface area (Å²) in [4.78, 5) is 11.4. The van der Waals surface area contributed by atoms with E-state index in [1.165, 1.54) is 21.3 Å². The van der Waals surface area contributed by atoms with Crippen molar-refractivity contribution < 1.29 is 13.2 Å². The van der Waals surface area contributed by atoms with Crippen LogP contribution in [0.25, 0.3) is 0 Å². The molecular weight excluding hydrogens is 280 g/mol. The number of piperidine rings is 1. The number of nitrogens with zero attached hydrogens (tertiary/aromatic N) is 3. The third kappa shape index (κ3) is 2.12. The number of rotatable bonds is 2. The summed E-state index contributed by atoms with van der Waals surface area (Å²) in [5, 5.41) is 6.98. The normalized spacial score (nSPS) is 23.1. The fourth-order valence-electron chi connectivity index (χ4n) is 3.05. The number of aromatic nitrogens is 2. The molecule has 1 aromatic heterocycles. The van der Waals surface area contributed by atoms with Gasteiger partial charge in [0.2, 0.25) is 5.91 Å². The third-order valence-electron chi connectivity index (χ3n) is 4.36. The van der Waals surface area contributed by atoms with Crippen molar-refractivity contribution in [1.82, 2.24) is 19.4 Å². The number of amides is 1. The van der Waals surface area contributed by atoms with Crippen LogP contribution in [-0.2, 0) is 21.9 Å². The number of sulfonamides is 1. The van der Waals surface area contributed by atoms with Gasteiger partial charge in [-0.3, -0.25) is 9.48 Å². The second-order valence-electron chi connectivity index (χ2n) is 5.65. The first kappa shape index (κ1) is 13.6. The maximum Gasteiger partial charge on any atom is 0.260 e. The molecule has 3 rings (SSSR count). The summed E-state index contributed by atoms with van der Waals surface area (Å²) in [5.41, 5.74) is -0.0461. The van der Waals surface area contributed by atoms with E-state index in [1.807, 2.05) is 0 Å². The average Bonchev–Trinajstić information content (AvgIpc) is 2.98. The van der Waals surface area contributed by atoms with Crippen LogP contribution < -0.4 is 5.32 Å². The summed E-state index contributed by atoms with van der Waals surface area (Å²) in [6.45, 7) is 1.59. The van der Waals surface area contributed by atoms with Crippen molar-refractivity contribution in [2.45, 2.75) is 24.3 Å². The highest BCUT2D eigenvalue weighted by atomic mass is 32.2. The molecular formula is C12H18N4O3S. The van der Waals surface area contributed by atoms with Gasteiger partial charge in [0.25, 0.3) is 10.0 Å². The van der Waals surface area contributed by atoms with Gasteiger partial charge in [0.05, 0.1) is 6.20 Å². The molecule has 0 atom stereocenters. The molecule has 0 radical (unpaired) electrons. The van der Waals surface area contributed by atoms with E-state index >= 15 is 0 Å². The largest absolute Gasteiger partial charge is 0.356 e. The lowest BCUT2D eigenvalue weighted by Gasteiger charge is -2.37. The van der Waals surface area contributed by atoms with E-state index in [0.717, 1.165) is 12.8 Å². The van der Waals surface area contributed by atoms with E-state index in [-0.39, 0.29) is 16.3 Å². The molecule has 2 fully saturated rings. The van der Waals surface area contributed by atoms with E-state index in [2.05, 4.69) is 10.4 Å². The Hall–Kier alpha value is -1.41. The van der Waals surface area contributed by atoms with Crippen LogP contribution in [0.3, 0.4) is 0 Å². The van der Waals surface area contributed by atoms with Gasteiger partial charge < -0.3 is 5.32 Å². The van der Waals surface area contributed by atoms with Gasteiger partial charge in [-0.1, -0.05) is 0 Å². The first-order valence-electron chi connectivity index (χ1n) is 6.68. The first-order valence-corrected chi connectivity index (χ1v) is 8.12. The van der Waals surface area contributed by atoms with Crippen molar-refractivity contribution in [2.75, 3.05) is 19.6 Å². The van der Waals surface area contributed by atoms with Crippen LogP contribution in [0.5, 0.6) is 0 Å². The topological polar surface area (TPSA) is 84.3 Å². The molecule has 7 nitrogen and oxygen atoms in total. The molecule has 1 aromatic rings. The average molecular weight is 298 g/mol. The molecule has 0 bridgehead atoms. The van der Waals surface area contributed by atoms with Crippen LogP contribution in [0.1, 0.15) is 19.3 Å². The Labute approximate surface area is 118 Å². The highest BCUT2D eigenvalue weighted by Gasteiger charge is 2.43. The van der Waals surface area contributed by atoms with Crippen molar-refractivity contribution in [3.63, 3.8) is 0 Å². The summed E-state index contributed by atoms with van der Waals surface area (Å²) < 4.78 is 27.9. The molecule has 110 valence electrons. The highest BCUT2D eigenvalue weighted by Crippen LogP contribution is 2.38. The lowest BCUT2D eigenvalue weighted by molar-refractivity contribution is -0.119. The lowest BCUT2D eigenvalue weighted by Crippen LogP contribution is -2.44. The molecule has 3 heterocycles. The summed E-state index contributed by atoms with van der Waals surface area (Å²) in [6, 6.07) is 1.51. The molecule has 2 aliphatic rings.